The number of rotatable bonds is 4. The van der Waals surface area contributed by atoms with Crippen molar-refractivity contribution in [1.29, 1.82) is 0 Å². The molecule has 1 aromatic carbocycles. The van der Waals surface area contributed by atoms with E-state index in [0.29, 0.717) is 19.7 Å². The predicted molar refractivity (Wildman–Crippen MR) is 88.7 cm³/mol. The largest absolute Gasteiger partial charge is 0.494 e. The van der Waals surface area contributed by atoms with Crippen molar-refractivity contribution < 1.29 is 19.4 Å². The Hall–Kier alpha value is -1.75. The van der Waals surface area contributed by atoms with E-state index in [4.69, 9.17) is 9.47 Å². The maximum atomic E-state index is 12.3. The Kier molecular flexibility index (Phi) is 5.52. The topological polar surface area (TPSA) is 59.0 Å². The van der Waals surface area contributed by atoms with Crippen LogP contribution in [0.2, 0.25) is 0 Å². The first-order valence-corrected chi connectivity index (χ1v) is 8.15. The molecular weight excluding hydrogens is 294 g/mol. The quantitative estimate of drug-likeness (QED) is 0.926. The van der Waals surface area contributed by atoms with Crippen molar-refractivity contribution in [2.45, 2.75) is 39.2 Å². The number of aliphatic hydroxyl groups excluding tert-OH is 1. The highest BCUT2D eigenvalue weighted by Gasteiger charge is 2.37. The first kappa shape index (κ1) is 17.6. The number of carbonyl (C=O) groups is 1. The van der Waals surface area contributed by atoms with Crippen LogP contribution in [0.3, 0.4) is 0 Å². The van der Waals surface area contributed by atoms with Crippen LogP contribution in [-0.4, -0.2) is 48.0 Å². The molecule has 1 amide bonds. The molecule has 1 saturated heterocycles. The maximum Gasteiger partial charge on any atom is 0.410 e. The molecule has 128 valence electrons. The number of amides is 1. The van der Waals surface area contributed by atoms with Crippen LogP contribution in [0.5, 0.6) is 5.75 Å². The zero-order valence-corrected chi connectivity index (χ0v) is 14.4. The number of aliphatic hydroxyl groups is 1. The summed E-state index contributed by atoms with van der Waals surface area (Å²) in [5, 5.41) is 9.69. The van der Waals surface area contributed by atoms with Gasteiger partial charge in [-0.15, -0.1) is 0 Å². The lowest BCUT2D eigenvalue weighted by Crippen LogP contribution is -2.35. The Labute approximate surface area is 138 Å². The number of hydrogen-bond acceptors (Lipinski definition) is 4. The van der Waals surface area contributed by atoms with Gasteiger partial charge in [-0.25, -0.2) is 4.79 Å². The SMILES string of the molecule is CCOc1cccc([C@@H]2CN(C(=O)OC(C)(C)C)C[C@H]2CO)c1. The van der Waals surface area contributed by atoms with E-state index in [9.17, 15) is 9.90 Å². The van der Waals surface area contributed by atoms with Gasteiger partial charge in [0, 0.05) is 31.5 Å². The van der Waals surface area contributed by atoms with Gasteiger partial charge in [-0.05, 0) is 45.4 Å². The van der Waals surface area contributed by atoms with E-state index in [1.165, 1.54) is 0 Å². The van der Waals surface area contributed by atoms with Crippen LogP contribution in [0.15, 0.2) is 24.3 Å². The van der Waals surface area contributed by atoms with E-state index in [1.54, 1.807) is 4.90 Å². The lowest BCUT2D eigenvalue weighted by Gasteiger charge is -2.24. The molecule has 1 N–H and O–H groups in total. The van der Waals surface area contributed by atoms with Crippen LogP contribution in [0.4, 0.5) is 4.79 Å². The summed E-state index contributed by atoms with van der Waals surface area (Å²) in [7, 11) is 0. The standard InChI is InChI=1S/C18H27NO4/c1-5-22-15-8-6-7-13(9-15)16-11-19(10-14(16)12-20)17(21)23-18(2,3)4/h6-9,14,16,20H,5,10-12H2,1-4H3/t14-,16-/m0/s1. The molecule has 0 aliphatic carbocycles. The molecule has 5 nitrogen and oxygen atoms in total. The normalized spacial score (nSPS) is 21.3. The third kappa shape index (κ3) is 4.61. The summed E-state index contributed by atoms with van der Waals surface area (Å²) in [4.78, 5) is 14.0. The highest BCUT2D eigenvalue weighted by molar-refractivity contribution is 5.68. The van der Waals surface area contributed by atoms with Gasteiger partial charge in [0.05, 0.1) is 6.61 Å². The minimum atomic E-state index is -0.515. The van der Waals surface area contributed by atoms with Crippen molar-refractivity contribution >= 4 is 6.09 Å². The molecule has 1 aliphatic heterocycles. The number of nitrogens with zero attached hydrogens (tertiary/aromatic N) is 1. The minimum absolute atomic E-state index is 0.0133. The third-order valence-corrected chi connectivity index (χ3v) is 3.92. The second-order valence-corrected chi connectivity index (χ2v) is 6.94. The Morgan fingerprint density at radius 2 is 2.09 bits per heavy atom. The summed E-state index contributed by atoms with van der Waals surface area (Å²) < 4.78 is 11.0. The van der Waals surface area contributed by atoms with Gasteiger partial charge in [0.25, 0.3) is 0 Å². The molecule has 1 fully saturated rings. The van der Waals surface area contributed by atoms with E-state index >= 15 is 0 Å². The first-order chi connectivity index (χ1) is 10.8. The maximum absolute atomic E-state index is 12.3. The van der Waals surface area contributed by atoms with E-state index in [-0.39, 0.29) is 24.5 Å². The van der Waals surface area contributed by atoms with Crippen LogP contribution >= 0.6 is 0 Å². The molecule has 2 atom stereocenters. The number of likely N-dealkylation sites (tertiary alicyclic amines) is 1. The number of carbonyl (C=O) groups excluding carboxylic acids is 1. The molecular formula is C18H27NO4. The Morgan fingerprint density at radius 1 is 1.35 bits per heavy atom. The summed E-state index contributed by atoms with van der Waals surface area (Å²) in [5.41, 5.74) is 0.569. The molecule has 0 aromatic heterocycles. The smallest absolute Gasteiger partial charge is 0.410 e. The highest BCUT2D eigenvalue weighted by Crippen LogP contribution is 2.34. The molecule has 0 radical (unpaired) electrons. The summed E-state index contributed by atoms with van der Waals surface area (Å²) in [5.74, 6) is 0.921. The fourth-order valence-corrected chi connectivity index (χ4v) is 2.91. The number of ether oxygens (including phenoxy) is 2. The fourth-order valence-electron chi connectivity index (χ4n) is 2.91. The molecule has 0 spiro atoms. The average Bonchev–Trinajstić information content (AvgIpc) is 2.90. The van der Waals surface area contributed by atoms with Crippen molar-refractivity contribution in [2.24, 2.45) is 5.92 Å². The van der Waals surface area contributed by atoms with Crippen LogP contribution in [0.1, 0.15) is 39.2 Å². The van der Waals surface area contributed by atoms with Gasteiger partial charge in [-0.1, -0.05) is 12.1 Å². The van der Waals surface area contributed by atoms with Crippen molar-refractivity contribution in [3.8, 4) is 5.75 Å². The molecule has 0 bridgehead atoms. The minimum Gasteiger partial charge on any atom is -0.494 e. The van der Waals surface area contributed by atoms with Crippen LogP contribution < -0.4 is 4.74 Å². The lowest BCUT2D eigenvalue weighted by atomic mass is 9.89. The molecule has 0 saturated carbocycles. The second kappa shape index (κ2) is 7.21. The van der Waals surface area contributed by atoms with E-state index < -0.39 is 5.60 Å². The van der Waals surface area contributed by atoms with Gasteiger partial charge in [0.1, 0.15) is 11.4 Å². The fraction of sp³-hybridized carbons (Fsp3) is 0.611. The van der Waals surface area contributed by atoms with Crippen LogP contribution in [-0.2, 0) is 4.74 Å². The lowest BCUT2D eigenvalue weighted by molar-refractivity contribution is 0.0283. The van der Waals surface area contributed by atoms with Gasteiger partial charge in [0.15, 0.2) is 0 Å². The summed E-state index contributed by atoms with van der Waals surface area (Å²) >= 11 is 0. The van der Waals surface area contributed by atoms with E-state index in [0.717, 1.165) is 11.3 Å². The molecule has 1 aromatic rings. The van der Waals surface area contributed by atoms with Crippen LogP contribution in [0, 0.1) is 5.92 Å². The summed E-state index contributed by atoms with van der Waals surface area (Å²) in [6, 6.07) is 7.89. The Morgan fingerprint density at radius 3 is 2.70 bits per heavy atom. The summed E-state index contributed by atoms with van der Waals surface area (Å²) in [6.07, 6.45) is -0.320. The molecule has 2 rings (SSSR count). The molecule has 1 aliphatic rings. The van der Waals surface area contributed by atoms with Gasteiger partial charge < -0.3 is 19.5 Å². The third-order valence-electron chi connectivity index (χ3n) is 3.92. The predicted octanol–water partition coefficient (Wildman–Crippen LogP) is 3.03. The highest BCUT2D eigenvalue weighted by atomic mass is 16.6. The van der Waals surface area contributed by atoms with Gasteiger partial charge >= 0.3 is 6.09 Å². The molecule has 5 heteroatoms. The van der Waals surface area contributed by atoms with Gasteiger partial charge in [0.2, 0.25) is 0 Å². The summed E-state index contributed by atoms with van der Waals surface area (Å²) in [6.45, 7) is 9.23. The van der Waals surface area contributed by atoms with Gasteiger partial charge in [-0.3, -0.25) is 0 Å². The number of benzene rings is 1. The van der Waals surface area contributed by atoms with E-state index in [2.05, 4.69) is 0 Å². The van der Waals surface area contributed by atoms with Gasteiger partial charge in [-0.2, -0.15) is 0 Å². The Bertz CT molecular complexity index is 538. The zero-order valence-electron chi connectivity index (χ0n) is 14.4. The van der Waals surface area contributed by atoms with Crippen molar-refractivity contribution in [2.75, 3.05) is 26.3 Å². The average molecular weight is 321 g/mol. The van der Waals surface area contributed by atoms with Crippen LogP contribution in [0.25, 0.3) is 0 Å². The second-order valence-electron chi connectivity index (χ2n) is 6.94. The molecule has 1 heterocycles. The van der Waals surface area contributed by atoms with E-state index in [1.807, 2.05) is 52.0 Å². The van der Waals surface area contributed by atoms with Crippen molar-refractivity contribution in [3.05, 3.63) is 29.8 Å². The zero-order chi connectivity index (χ0) is 17.0. The monoisotopic (exact) mass is 321 g/mol. The van der Waals surface area contributed by atoms with Crippen molar-refractivity contribution in [3.63, 3.8) is 0 Å². The molecule has 0 unspecified atom stereocenters. The first-order valence-electron chi connectivity index (χ1n) is 8.15. The Balaban J connectivity index is 2.13. The van der Waals surface area contributed by atoms with Crippen molar-refractivity contribution in [1.82, 2.24) is 4.90 Å². The number of hydrogen-bond donors (Lipinski definition) is 1. The molecule has 23 heavy (non-hydrogen) atoms.